The van der Waals surface area contributed by atoms with Crippen molar-refractivity contribution >= 4 is 22.0 Å². The number of hydrogen-bond acceptors (Lipinski definition) is 3. The molecule has 0 bridgehead atoms. The third kappa shape index (κ3) is 1.90. The summed E-state index contributed by atoms with van der Waals surface area (Å²) in [6, 6.07) is 2.93. The summed E-state index contributed by atoms with van der Waals surface area (Å²) in [5, 5.41) is 0. The van der Waals surface area contributed by atoms with Crippen molar-refractivity contribution in [3.63, 3.8) is 0 Å². The Morgan fingerprint density at radius 1 is 1.53 bits per heavy atom. The summed E-state index contributed by atoms with van der Waals surface area (Å²) >= 11 is 3.37. The average molecular weight is 300 g/mol. The minimum Gasteiger partial charge on any atom is -0.493 e. The van der Waals surface area contributed by atoms with E-state index in [4.69, 9.17) is 4.74 Å². The topological polar surface area (TPSA) is 38.7 Å². The van der Waals surface area contributed by atoms with Crippen molar-refractivity contribution in [1.29, 1.82) is 0 Å². The molecule has 1 aliphatic carbocycles. The zero-order chi connectivity index (χ0) is 12.5. The molecule has 0 radical (unpaired) electrons. The van der Waals surface area contributed by atoms with E-state index in [1.165, 1.54) is 13.2 Å². The van der Waals surface area contributed by atoms with Crippen molar-refractivity contribution in [3.8, 4) is 5.75 Å². The van der Waals surface area contributed by atoms with Crippen LogP contribution in [-0.4, -0.2) is 13.2 Å². The van der Waals surface area contributed by atoms with Crippen LogP contribution in [0.15, 0.2) is 21.6 Å². The van der Waals surface area contributed by atoms with Gasteiger partial charge in [-0.3, -0.25) is 0 Å². The van der Waals surface area contributed by atoms with Crippen LogP contribution in [0.4, 0.5) is 4.39 Å². The van der Waals surface area contributed by atoms with Crippen LogP contribution in [0.1, 0.15) is 24.8 Å². The summed E-state index contributed by atoms with van der Waals surface area (Å²) < 4.78 is 19.5. The van der Waals surface area contributed by atoms with E-state index in [-0.39, 0.29) is 5.75 Å². The van der Waals surface area contributed by atoms with Gasteiger partial charge in [0.15, 0.2) is 11.6 Å². The van der Waals surface area contributed by atoms with Crippen molar-refractivity contribution < 1.29 is 13.9 Å². The van der Waals surface area contributed by atoms with E-state index >= 15 is 0 Å². The highest BCUT2D eigenvalue weighted by Gasteiger charge is 2.43. The van der Waals surface area contributed by atoms with Gasteiger partial charge in [0.05, 0.1) is 7.11 Å². The molecule has 0 aromatic heterocycles. The van der Waals surface area contributed by atoms with Crippen LogP contribution in [0.5, 0.6) is 5.75 Å². The van der Waals surface area contributed by atoms with Gasteiger partial charge in [0.25, 0.3) is 0 Å². The van der Waals surface area contributed by atoms with E-state index in [0.29, 0.717) is 22.9 Å². The summed E-state index contributed by atoms with van der Waals surface area (Å²) in [4.78, 5) is 14.4. The van der Waals surface area contributed by atoms with Crippen LogP contribution in [0, 0.1) is 5.82 Å². The maximum absolute atomic E-state index is 13.7. The van der Waals surface area contributed by atoms with Crippen molar-refractivity contribution in [2.24, 2.45) is 4.99 Å². The second kappa shape index (κ2) is 4.59. The molecule has 17 heavy (non-hydrogen) atoms. The van der Waals surface area contributed by atoms with Gasteiger partial charge in [-0.05, 0) is 31.4 Å². The molecular weight excluding hydrogens is 289 g/mol. The largest absolute Gasteiger partial charge is 0.493 e. The standard InChI is InChI=1S/C12H11BrFNO2/c1-17-11-9(14)4-3-8(13)10(11)12(15-7-16)5-2-6-12/h3-4H,2,5-6H2,1H3. The molecule has 3 nitrogen and oxygen atoms in total. The zero-order valence-electron chi connectivity index (χ0n) is 9.30. The SMILES string of the molecule is COc1c(F)ccc(Br)c1C1(N=C=O)CCC1. The monoisotopic (exact) mass is 299 g/mol. The van der Waals surface area contributed by atoms with E-state index in [0.717, 1.165) is 6.42 Å². The molecule has 0 unspecified atom stereocenters. The Morgan fingerprint density at radius 2 is 2.24 bits per heavy atom. The molecule has 0 N–H and O–H groups in total. The quantitative estimate of drug-likeness (QED) is 0.634. The number of rotatable bonds is 3. The van der Waals surface area contributed by atoms with Crippen LogP contribution in [0.25, 0.3) is 0 Å². The second-order valence-electron chi connectivity index (χ2n) is 4.03. The Kier molecular flexibility index (Phi) is 3.31. The van der Waals surface area contributed by atoms with Crippen LogP contribution in [0.2, 0.25) is 0 Å². The molecule has 0 heterocycles. The summed E-state index contributed by atoms with van der Waals surface area (Å²) in [6.45, 7) is 0. The summed E-state index contributed by atoms with van der Waals surface area (Å²) in [6.07, 6.45) is 3.96. The fourth-order valence-corrected chi connectivity index (χ4v) is 2.86. The summed E-state index contributed by atoms with van der Waals surface area (Å²) in [5.41, 5.74) is -0.0665. The highest BCUT2D eigenvalue weighted by molar-refractivity contribution is 9.10. The molecule has 2 rings (SSSR count). The number of methoxy groups -OCH3 is 1. The molecule has 0 amide bonds. The number of carbonyl (C=O) groups excluding carboxylic acids is 1. The van der Waals surface area contributed by atoms with Gasteiger partial charge in [-0.15, -0.1) is 0 Å². The minimum absolute atomic E-state index is 0.151. The van der Waals surface area contributed by atoms with Gasteiger partial charge in [-0.1, -0.05) is 15.9 Å². The number of ether oxygens (including phenoxy) is 1. The predicted octanol–water partition coefficient (Wildman–Crippen LogP) is 3.31. The zero-order valence-corrected chi connectivity index (χ0v) is 10.9. The summed E-state index contributed by atoms with van der Waals surface area (Å²) in [7, 11) is 1.41. The fraction of sp³-hybridized carbons (Fsp3) is 0.417. The maximum atomic E-state index is 13.7. The third-order valence-corrected chi connectivity index (χ3v) is 3.83. The highest BCUT2D eigenvalue weighted by atomic mass is 79.9. The summed E-state index contributed by atoms with van der Waals surface area (Å²) in [5.74, 6) is -0.295. The van der Waals surface area contributed by atoms with Crippen LogP contribution >= 0.6 is 15.9 Å². The van der Waals surface area contributed by atoms with Crippen molar-refractivity contribution in [3.05, 3.63) is 28.0 Å². The average Bonchev–Trinajstić information content (AvgIpc) is 2.27. The van der Waals surface area contributed by atoms with E-state index in [2.05, 4.69) is 20.9 Å². The van der Waals surface area contributed by atoms with E-state index in [1.54, 1.807) is 12.1 Å². The maximum Gasteiger partial charge on any atom is 0.235 e. The first kappa shape index (κ1) is 12.3. The molecule has 1 fully saturated rings. The molecule has 0 aliphatic heterocycles. The number of aliphatic imine (C=N–C) groups is 1. The Labute approximate surface area is 107 Å². The van der Waals surface area contributed by atoms with Crippen molar-refractivity contribution in [2.75, 3.05) is 7.11 Å². The number of isocyanates is 1. The molecule has 1 aromatic carbocycles. The van der Waals surface area contributed by atoms with E-state index < -0.39 is 11.4 Å². The predicted molar refractivity (Wildman–Crippen MR) is 64.3 cm³/mol. The minimum atomic E-state index is -0.673. The fourth-order valence-electron chi connectivity index (χ4n) is 2.18. The first-order valence-electron chi connectivity index (χ1n) is 5.26. The van der Waals surface area contributed by atoms with Gasteiger partial charge in [0.1, 0.15) is 5.54 Å². The highest BCUT2D eigenvalue weighted by Crippen LogP contribution is 2.51. The van der Waals surface area contributed by atoms with Gasteiger partial charge in [0, 0.05) is 10.0 Å². The Bertz CT molecular complexity index is 494. The van der Waals surface area contributed by atoms with E-state index in [1.807, 2.05) is 0 Å². The van der Waals surface area contributed by atoms with Crippen LogP contribution < -0.4 is 4.74 Å². The van der Waals surface area contributed by atoms with E-state index in [9.17, 15) is 9.18 Å². The molecule has 1 aliphatic rings. The Balaban J connectivity index is 2.64. The molecule has 90 valence electrons. The van der Waals surface area contributed by atoms with Crippen molar-refractivity contribution in [2.45, 2.75) is 24.8 Å². The Hall–Kier alpha value is -1.19. The molecule has 5 heteroatoms. The van der Waals surface area contributed by atoms with Gasteiger partial charge in [-0.2, -0.15) is 4.99 Å². The van der Waals surface area contributed by atoms with Gasteiger partial charge in [0.2, 0.25) is 6.08 Å². The van der Waals surface area contributed by atoms with Crippen LogP contribution in [0.3, 0.4) is 0 Å². The van der Waals surface area contributed by atoms with Gasteiger partial charge in [-0.25, -0.2) is 9.18 Å². The first-order valence-corrected chi connectivity index (χ1v) is 6.05. The second-order valence-corrected chi connectivity index (χ2v) is 4.88. The normalized spacial score (nSPS) is 16.9. The molecule has 1 aromatic rings. The molecule has 0 saturated heterocycles. The lowest BCUT2D eigenvalue weighted by Gasteiger charge is -2.38. The van der Waals surface area contributed by atoms with Crippen LogP contribution in [-0.2, 0) is 10.3 Å². The van der Waals surface area contributed by atoms with Gasteiger partial charge < -0.3 is 4.74 Å². The van der Waals surface area contributed by atoms with Crippen molar-refractivity contribution in [1.82, 2.24) is 0 Å². The molecule has 1 saturated carbocycles. The molecule has 0 atom stereocenters. The third-order valence-electron chi connectivity index (χ3n) is 3.17. The number of hydrogen-bond donors (Lipinski definition) is 0. The lowest BCUT2D eigenvalue weighted by molar-refractivity contribution is 0.242. The first-order chi connectivity index (χ1) is 8.14. The lowest BCUT2D eigenvalue weighted by Crippen LogP contribution is -2.33. The lowest BCUT2D eigenvalue weighted by atomic mass is 9.72. The number of benzene rings is 1. The number of nitrogens with zero attached hydrogens (tertiary/aromatic N) is 1. The smallest absolute Gasteiger partial charge is 0.235 e. The Morgan fingerprint density at radius 3 is 2.71 bits per heavy atom. The molecular formula is C12H11BrFNO2. The van der Waals surface area contributed by atoms with Gasteiger partial charge >= 0.3 is 0 Å². The molecule has 0 spiro atoms. The number of halogens is 2.